The highest BCUT2D eigenvalue weighted by molar-refractivity contribution is 6.28. The fourth-order valence-corrected chi connectivity index (χ4v) is 3.04. The Labute approximate surface area is 159 Å². The number of nitrogens with zero attached hydrogens (tertiary/aromatic N) is 5. The van der Waals surface area contributed by atoms with Crippen LogP contribution in [0, 0.1) is 0 Å². The molecule has 1 aromatic rings. The quantitative estimate of drug-likeness (QED) is 0.414. The van der Waals surface area contributed by atoms with Crippen molar-refractivity contribution in [2.24, 2.45) is 0 Å². The van der Waals surface area contributed by atoms with E-state index < -0.39 is 0 Å². The van der Waals surface area contributed by atoms with Crippen LogP contribution in [-0.4, -0.2) is 41.1 Å². The zero-order valence-corrected chi connectivity index (χ0v) is 17.4. The molecule has 0 aliphatic rings. The van der Waals surface area contributed by atoms with Crippen LogP contribution in [0.5, 0.6) is 0 Å². The van der Waals surface area contributed by atoms with Gasteiger partial charge in [0.15, 0.2) is 0 Å². The fourth-order valence-electron chi connectivity index (χ4n) is 2.89. The Morgan fingerprint density at radius 2 is 1.12 bits per heavy atom. The molecule has 0 atom stereocenters. The van der Waals surface area contributed by atoms with Crippen molar-refractivity contribution < 1.29 is 0 Å². The lowest BCUT2D eigenvalue weighted by Gasteiger charge is -2.25. The number of unbranched alkanes of at least 4 members (excludes halogenated alkanes) is 6. The van der Waals surface area contributed by atoms with E-state index in [4.69, 9.17) is 16.6 Å². The summed E-state index contributed by atoms with van der Waals surface area (Å²) >= 11 is 6.20. The maximum atomic E-state index is 6.20. The molecule has 0 unspecified atom stereocenters. The maximum absolute atomic E-state index is 6.20. The molecule has 0 radical (unpaired) electrons. The van der Waals surface area contributed by atoms with Gasteiger partial charge in [0.25, 0.3) is 0 Å². The summed E-state index contributed by atoms with van der Waals surface area (Å²) in [6.07, 6.45) is 9.92. The summed E-state index contributed by atoms with van der Waals surface area (Å²) in [5.74, 6) is 1.42. The molecule has 0 saturated carbocycles. The molecule has 0 fully saturated rings. The van der Waals surface area contributed by atoms with Crippen LogP contribution in [0.2, 0.25) is 5.28 Å². The summed E-state index contributed by atoms with van der Waals surface area (Å²) < 4.78 is 0. The Morgan fingerprint density at radius 3 is 1.56 bits per heavy atom. The van der Waals surface area contributed by atoms with Crippen LogP contribution in [-0.2, 0) is 0 Å². The Balaban J connectivity index is 2.86. The van der Waals surface area contributed by atoms with Gasteiger partial charge in [-0.2, -0.15) is 15.0 Å². The topological polar surface area (TPSA) is 45.2 Å². The molecule has 6 heteroatoms. The molecule has 1 rings (SSSR count). The zero-order valence-electron chi connectivity index (χ0n) is 16.6. The second kappa shape index (κ2) is 13.2. The van der Waals surface area contributed by atoms with E-state index in [1.807, 2.05) is 0 Å². The van der Waals surface area contributed by atoms with Crippen LogP contribution >= 0.6 is 11.6 Å². The molecule has 0 aromatic carbocycles. The number of rotatable bonds is 14. The Bertz CT molecular complexity index is 453. The van der Waals surface area contributed by atoms with E-state index >= 15 is 0 Å². The molecule has 0 N–H and O–H groups in total. The van der Waals surface area contributed by atoms with Gasteiger partial charge in [0.05, 0.1) is 0 Å². The smallest absolute Gasteiger partial charge is 0.231 e. The molecule has 144 valence electrons. The van der Waals surface area contributed by atoms with Crippen molar-refractivity contribution in [3.63, 3.8) is 0 Å². The van der Waals surface area contributed by atoms with Gasteiger partial charge in [-0.25, -0.2) is 0 Å². The van der Waals surface area contributed by atoms with Crippen molar-refractivity contribution in [1.29, 1.82) is 0 Å². The molecule has 0 spiro atoms. The van der Waals surface area contributed by atoms with Crippen LogP contribution in [0.15, 0.2) is 0 Å². The maximum Gasteiger partial charge on any atom is 0.231 e. The van der Waals surface area contributed by atoms with E-state index in [2.05, 4.69) is 47.5 Å². The SMILES string of the molecule is CCCCCCN(CCCCCC)c1nc(Cl)nc(N(CC)CC)n1. The van der Waals surface area contributed by atoms with E-state index in [-0.39, 0.29) is 0 Å². The largest absolute Gasteiger partial charge is 0.341 e. The predicted octanol–water partition coefficient (Wildman–Crippen LogP) is 5.34. The minimum Gasteiger partial charge on any atom is -0.341 e. The summed E-state index contributed by atoms with van der Waals surface area (Å²) in [4.78, 5) is 17.9. The molecule has 1 aromatic heterocycles. The van der Waals surface area contributed by atoms with Crippen LogP contribution in [0.3, 0.4) is 0 Å². The predicted molar refractivity (Wildman–Crippen MR) is 109 cm³/mol. The summed E-state index contributed by atoms with van der Waals surface area (Å²) in [6, 6.07) is 0. The number of hydrogen-bond donors (Lipinski definition) is 0. The van der Waals surface area contributed by atoms with E-state index in [0.717, 1.165) is 32.1 Å². The molecule has 5 nitrogen and oxygen atoms in total. The van der Waals surface area contributed by atoms with Gasteiger partial charge in [0.2, 0.25) is 17.2 Å². The minimum atomic E-state index is 0.291. The highest BCUT2D eigenvalue weighted by Gasteiger charge is 2.15. The molecular weight excluding hydrogens is 334 g/mol. The van der Waals surface area contributed by atoms with E-state index in [1.54, 1.807) is 0 Å². The van der Waals surface area contributed by atoms with Gasteiger partial charge in [-0.1, -0.05) is 52.4 Å². The molecule has 0 bridgehead atoms. The lowest BCUT2D eigenvalue weighted by molar-refractivity contribution is 0.600. The van der Waals surface area contributed by atoms with Gasteiger partial charge >= 0.3 is 0 Å². The van der Waals surface area contributed by atoms with Crippen molar-refractivity contribution in [3.05, 3.63) is 5.28 Å². The molecule has 0 saturated heterocycles. The van der Waals surface area contributed by atoms with Crippen LogP contribution < -0.4 is 9.80 Å². The molecule has 0 amide bonds. The zero-order chi connectivity index (χ0) is 18.5. The highest BCUT2D eigenvalue weighted by atomic mass is 35.5. The first-order valence-electron chi connectivity index (χ1n) is 10.1. The molecular formula is C19H36ClN5. The third-order valence-electron chi connectivity index (χ3n) is 4.48. The average Bonchev–Trinajstić information content (AvgIpc) is 2.61. The van der Waals surface area contributed by atoms with Gasteiger partial charge in [-0.15, -0.1) is 0 Å². The monoisotopic (exact) mass is 369 g/mol. The van der Waals surface area contributed by atoms with Gasteiger partial charge in [-0.05, 0) is 38.3 Å². The van der Waals surface area contributed by atoms with E-state index in [9.17, 15) is 0 Å². The third kappa shape index (κ3) is 8.21. The summed E-state index contributed by atoms with van der Waals surface area (Å²) in [5.41, 5.74) is 0. The normalized spacial score (nSPS) is 10.9. The number of hydrogen-bond acceptors (Lipinski definition) is 5. The number of halogens is 1. The molecule has 0 aliphatic carbocycles. The Morgan fingerprint density at radius 1 is 0.640 bits per heavy atom. The Kier molecular flexibility index (Phi) is 11.5. The standard InChI is InChI=1S/C19H36ClN5/c1-5-9-11-13-15-25(16-14-12-10-6-2)19-22-17(20)21-18(23-19)24(7-3)8-4/h5-16H2,1-4H3. The van der Waals surface area contributed by atoms with Crippen LogP contribution in [0.4, 0.5) is 11.9 Å². The highest BCUT2D eigenvalue weighted by Crippen LogP contribution is 2.18. The average molecular weight is 370 g/mol. The second-order valence-electron chi connectivity index (χ2n) is 6.49. The second-order valence-corrected chi connectivity index (χ2v) is 6.82. The molecule has 1 heterocycles. The third-order valence-corrected chi connectivity index (χ3v) is 4.65. The van der Waals surface area contributed by atoms with Gasteiger partial charge in [-0.3, -0.25) is 0 Å². The van der Waals surface area contributed by atoms with Crippen molar-refractivity contribution in [2.75, 3.05) is 36.0 Å². The first kappa shape index (κ1) is 21.9. The summed E-state index contributed by atoms with van der Waals surface area (Å²) in [7, 11) is 0. The Hall–Kier alpha value is -1.10. The first-order chi connectivity index (χ1) is 12.2. The van der Waals surface area contributed by atoms with Gasteiger partial charge in [0, 0.05) is 26.2 Å². The number of anilines is 2. The lowest BCUT2D eigenvalue weighted by atomic mass is 10.2. The molecule has 25 heavy (non-hydrogen) atoms. The van der Waals surface area contributed by atoms with Crippen molar-refractivity contribution >= 4 is 23.5 Å². The van der Waals surface area contributed by atoms with Crippen LogP contribution in [0.1, 0.15) is 79.1 Å². The van der Waals surface area contributed by atoms with Crippen molar-refractivity contribution in [2.45, 2.75) is 79.1 Å². The lowest BCUT2D eigenvalue weighted by Crippen LogP contribution is -2.30. The first-order valence-corrected chi connectivity index (χ1v) is 10.4. The van der Waals surface area contributed by atoms with Crippen LogP contribution in [0.25, 0.3) is 0 Å². The van der Waals surface area contributed by atoms with E-state index in [1.165, 1.54) is 51.4 Å². The number of aromatic nitrogens is 3. The minimum absolute atomic E-state index is 0.291. The summed E-state index contributed by atoms with van der Waals surface area (Å²) in [5, 5.41) is 0.291. The van der Waals surface area contributed by atoms with Crippen molar-refractivity contribution in [1.82, 2.24) is 15.0 Å². The summed E-state index contributed by atoms with van der Waals surface area (Å²) in [6.45, 7) is 12.4. The van der Waals surface area contributed by atoms with Gasteiger partial charge in [0.1, 0.15) is 0 Å². The fraction of sp³-hybridized carbons (Fsp3) is 0.842. The van der Waals surface area contributed by atoms with E-state index in [0.29, 0.717) is 11.2 Å². The van der Waals surface area contributed by atoms with Gasteiger partial charge < -0.3 is 9.80 Å². The van der Waals surface area contributed by atoms with Crippen molar-refractivity contribution in [3.8, 4) is 0 Å². The molecule has 0 aliphatic heterocycles.